The van der Waals surface area contributed by atoms with Gasteiger partial charge in [-0.2, -0.15) is 0 Å². The van der Waals surface area contributed by atoms with Crippen LogP contribution in [0.1, 0.15) is 46.1 Å². The van der Waals surface area contributed by atoms with Crippen LogP contribution in [0.5, 0.6) is 0 Å². The predicted octanol–water partition coefficient (Wildman–Crippen LogP) is 3.65. The Hall–Kier alpha value is -1.72. The zero-order chi connectivity index (χ0) is 20.1. The minimum absolute atomic E-state index is 0.0551. The van der Waals surface area contributed by atoms with Crippen LogP contribution in [0, 0.1) is 11.8 Å². The van der Waals surface area contributed by atoms with Crippen molar-refractivity contribution in [2.24, 2.45) is 11.8 Å². The highest BCUT2D eigenvalue weighted by Gasteiger charge is 2.22. The summed E-state index contributed by atoms with van der Waals surface area (Å²) in [5, 5.41) is 0. The number of hydrogen-bond acceptors (Lipinski definition) is 5. The number of Topliss-reactive ketones (excluding diaryl/α,β-unsaturated/α-hetero) is 1. The van der Waals surface area contributed by atoms with E-state index < -0.39 is 0 Å². The number of ether oxygens (including phenoxy) is 1. The lowest BCUT2D eigenvalue weighted by molar-refractivity contribution is -0.126. The van der Waals surface area contributed by atoms with E-state index in [1.807, 2.05) is 13.8 Å². The summed E-state index contributed by atoms with van der Waals surface area (Å²) in [4.78, 5) is 21.1. The molecule has 0 aromatic carbocycles. The molecule has 1 aromatic heterocycles. The number of anilines is 1. The molecule has 1 aromatic rings. The molecule has 1 saturated carbocycles. The van der Waals surface area contributed by atoms with Gasteiger partial charge in [0.25, 0.3) is 0 Å². The van der Waals surface area contributed by atoms with Crippen molar-refractivity contribution in [3.05, 3.63) is 29.5 Å². The standard InChI is InChI=1S/C23H35N3O2/c1-17(2)21(27)16-28-14-13-25-9-11-26(12-10-25)22-8-7-20(15-24-22)23(18(3)4)19-5-6-19/h7-8,15,17-18H,5-6,9-14,16H2,1-4H3. The van der Waals surface area contributed by atoms with Gasteiger partial charge in [0.2, 0.25) is 0 Å². The molecule has 1 saturated heterocycles. The van der Waals surface area contributed by atoms with Gasteiger partial charge in [0, 0.05) is 44.8 Å². The topological polar surface area (TPSA) is 45.7 Å². The molecule has 0 spiro atoms. The lowest BCUT2D eigenvalue weighted by Crippen LogP contribution is -2.47. The van der Waals surface area contributed by atoms with Crippen molar-refractivity contribution in [3.8, 4) is 0 Å². The van der Waals surface area contributed by atoms with Gasteiger partial charge in [-0.05, 0) is 42.0 Å². The lowest BCUT2D eigenvalue weighted by atomic mass is 9.95. The highest BCUT2D eigenvalue weighted by Crippen LogP contribution is 2.40. The van der Waals surface area contributed by atoms with Crippen LogP contribution in [-0.2, 0) is 9.53 Å². The van der Waals surface area contributed by atoms with E-state index in [-0.39, 0.29) is 18.3 Å². The van der Waals surface area contributed by atoms with Gasteiger partial charge in [-0.15, -0.1) is 0 Å². The summed E-state index contributed by atoms with van der Waals surface area (Å²) in [5.41, 5.74) is 4.40. The van der Waals surface area contributed by atoms with Crippen LogP contribution in [0.2, 0.25) is 0 Å². The van der Waals surface area contributed by atoms with E-state index in [1.54, 1.807) is 5.57 Å². The van der Waals surface area contributed by atoms with Gasteiger partial charge >= 0.3 is 0 Å². The molecule has 5 heteroatoms. The molecule has 0 unspecified atom stereocenters. The normalized spacial score (nSPS) is 17.5. The first-order valence-corrected chi connectivity index (χ1v) is 10.7. The predicted molar refractivity (Wildman–Crippen MR) is 115 cm³/mol. The van der Waals surface area contributed by atoms with E-state index in [9.17, 15) is 4.79 Å². The van der Waals surface area contributed by atoms with Crippen molar-refractivity contribution >= 4 is 17.2 Å². The van der Waals surface area contributed by atoms with Gasteiger partial charge in [-0.25, -0.2) is 4.98 Å². The van der Waals surface area contributed by atoms with Gasteiger partial charge in [0.1, 0.15) is 12.4 Å². The van der Waals surface area contributed by atoms with Crippen LogP contribution < -0.4 is 4.90 Å². The fourth-order valence-electron chi connectivity index (χ4n) is 3.74. The van der Waals surface area contributed by atoms with E-state index in [0.717, 1.165) is 38.5 Å². The largest absolute Gasteiger partial charge is 0.372 e. The SMILES string of the molecule is CC(C)C(=O)COCCN1CCN(c2ccc(C(=C3CC3)C(C)C)cn2)CC1. The minimum Gasteiger partial charge on any atom is -0.372 e. The van der Waals surface area contributed by atoms with Gasteiger partial charge in [0.15, 0.2) is 5.78 Å². The Morgan fingerprint density at radius 2 is 1.79 bits per heavy atom. The summed E-state index contributed by atoms with van der Waals surface area (Å²) in [6.07, 6.45) is 4.57. The number of aromatic nitrogens is 1. The number of allylic oxidation sites excluding steroid dienone is 2. The summed E-state index contributed by atoms with van der Waals surface area (Å²) < 4.78 is 5.53. The molecule has 0 atom stereocenters. The summed E-state index contributed by atoms with van der Waals surface area (Å²) >= 11 is 0. The highest BCUT2D eigenvalue weighted by atomic mass is 16.5. The molecular formula is C23H35N3O2. The molecule has 0 bridgehead atoms. The molecule has 2 aliphatic rings. The second kappa shape index (κ2) is 9.66. The van der Waals surface area contributed by atoms with E-state index >= 15 is 0 Å². The van der Waals surface area contributed by atoms with Crippen LogP contribution in [0.3, 0.4) is 0 Å². The highest BCUT2D eigenvalue weighted by molar-refractivity contribution is 5.81. The Morgan fingerprint density at radius 3 is 2.32 bits per heavy atom. The van der Waals surface area contributed by atoms with Crippen molar-refractivity contribution in [1.29, 1.82) is 0 Å². The quantitative estimate of drug-likeness (QED) is 0.607. The molecule has 2 fully saturated rings. The van der Waals surface area contributed by atoms with Gasteiger partial charge in [-0.1, -0.05) is 33.3 Å². The molecule has 28 heavy (non-hydrogen) atoms. The van der Waals surface area contributed by atoms with Crippen molar-refractivity contribution in [2.45, 2.75) is 40.5 Å². The van der Waals surface area contributed by atoms with E-state index in [0.29, 0.717) is 12.5 Å². The third kappa shape index (κ3) is 5.65. The van der Waals surface area contributed by atoms with Crippen molar-refractivity contribution < 1.29 is 9.53 Å². The van der Waals surface area contributed by atoms with Crippen LogP contribution in [-0.4, -0.2) is 61.6 Å². The van der Waals surface area contributed by atoms with E-state index in [2.05, 4.69) is 42.0 Å². The van der Waals surface area contributed by atoms with Gasteiger partial charge < -0.3 is 9.64 Å². The molecule has 1 aliphatic heterocycles. The van der Waals surface area contributed by atoms with Crippen molar-refractivity contribution in [2.75, 3.05) is 50.8 Å². The summed E-state index contributed by atoms with van der Waals surface area (Å²) in [6.45, 7) is 14.1. The smallest absolute Gasteiger partial charge is 0.160 e. The zero-order valence-electron chi connectivity index (χ0n) is 17.9. The van der Waals surface area contributed by atoms with Crippen LogP contribution in [0.15, 0.2) is 23.9 Å². The Labute approximate surface area is 169 Å². The first-order valence-electron chi connectivity index (χ1n) is 10.7. The van der Waals surface area contributed by atoms with Crippen molar-refractivity contribution in [3.63, 3.8) is 0 Å². The van der Waals surface area contributed by atoms with Gasteiger partial charge in [0.05, 0.1) is 6.61 Å². The summed E-state index contributed by atoms with van der Waals surface area (Å²) in [7, 11) is 0. The maximum Gasteiger partial charge on any atom is 0.160 e. The summed E-state index contributed by atoms with van der Waals surface area (Å²) in [6, 6.07) is 4.42. The second-order valence-electron chi connectivity index (χ2n) is 8.58. The molecule has 0 N–H and O–H groups in total. The van der Waals surface area contributed by atoms with E-state index in [4.69, 9.17) is 9.72 Å². The zero-order valence-corrected chi connectivity index (χ0v) is 17.9. The first-order chi connectivity index (χ1) is 13.5. The van der Waals surface area contributed by atoms with Gasteiger partial charge in [-0.3, -0.25) is 9.69 Å². The average molecular weight is 386 g/mol. The van der Waals surface area contributed by atoms with Crippen LogP contribution in [0.4, 0.5) is 5.82 Å². The Balaban J connectivity index is 1.44. The van der Waals surface area contributed by atoms with Crippen LogP contribution in [0.25, 0.3) is 5.57 Å². The average Bonchev–Trinajstić information content (AvgIpc) is 3.51. The molecule has 5 nitrogen and oxygen atoms in total. The maximum absolute atomic E-state index is 11.6. The molecule has 0 radical (unpaired) electrons. The molecule has 3 rings (SSSR count). The molecule has 1 aliphatic carbocycles. The third-order valence-corrected chi connectivity index (χ3v) is 5.65. The lowest BCUT2D eigenvalue weighted by Gasteiger charge is -2.35. The number of nitrogens with zero attached hydrogens (tertiary/aromatic N) is 3. The third-order valence-electron chi connectivity index (χ3n) is 5.65. The second-order valence-corrected chi connectivity index (χ2v) is 8.58. The molecule has 2 heterocycles. The fraction of sp³-hybridized carbons (Fsp3) is 0.652. The number of carbonyl (C=O) groups is 1. The number of hydrogen-bond donors (Lipinski definition) is 0. The van der Waals surface area contributed by atoms with Crippen LogP contribution >= 0.6 is 0 Å². The number of pyridine rings is 1. The fourth-order valence-corrected chi connectivity index (χ4v) is 3.74. The van der Waals surface area contributed by atoms with E-state index in [1.165, 1.54) is 24.0 Å². The Kier molecular flexibility index (Phi) is 7.24. The van der Waals surface area contributed by atoms with Crippen molar-refractivity contribution in [1.82, 2.24) is 9.88 Å². The first kappa shape index (κ1) is 21.0. The number of rotatable bonds is 9. The Bertz CT molecular complexity index is 680. The molecular weight excluding hydrogens is 350 g/mol. The maximum atomic E-state index is 11.6. The number of piperazine rings is 1. The minimum atomic E-state index is 0.0551. The Morgan fingerprint density at radius 1 is 1.07 bits per heavy atom. The molecule has 0 amide bonds. The number of ketones is 1. The summed E-state index contributed by atoms with van der Waals surface area (Å²) in [5.74, 6) is 1.87. The number of carbonyl (C=O) groups excluding carboxylic acids is 1. The molecule has 154 valence electrons. The monoisotopic (exact) mass is 385 g/mol.